The third kappa shape index (κ3) is 6.53. The molecular formula is C18H21BrF3N3O6. The number of carbonyl (C=O) groups is 3. The smallest absolute Gasteiger partial charge is 0.490 e. The molecule has 0 radical (unpaired) electrons. The Bertz CT molecular complexity index is 830. The SMILES string of the molecule is COc1cnc(Br)cc1C(=O)NCC1CC2(CCNCC2)C(=O)O1.O=C(O)C(F)(F)F. The van der Waals surface area contributed by atoms with Crippen LogP contribution >= 0.6 is 15.9 Å². The molecule has 13 heteroatoms. The molecule has 2 fully saturated rings. The van der Waals surface area contributed by atoms with Crippen LogP contribution in [0.1, 0.15) is 29.6 Å². The highest BCUT2D eigenvalue weighted by Gasteiger charge is 2.49. The molecule has 9 nitrogen and oxygen atoms in total. The Hall–Kier alpha value is -2.41. The van der Waals surface area contributed by atoms with Gasteiger partial charge in [-0.2, -0.15) is 13.2 Å². The molecule has 3 rings (SSSR count). The van der Waals surface area contributed by atoms with Crippen molar-refractivity contribution in [1.82, 2.24) is 15.6 Å². The van der Waals surface area contributed by atoms with Crippen molar-refractivity contribution >= 4 is 33.8 Å². The fourth-order valence-electron chi connectivity index (χ4n) is 3.32. The Morgan fingerprint density at radius 3 is 2.58 bits per heavy atom. The molecule has 1 amide bonds. The molecule has 1 aromatic rings. The number of amides is 1. The summed E-state index contributed by atoms with van der Waals surface area (Å²) in [7, 11) is 1.49. The van der Waals surface area contributed by atoms with Gasteiger partial charge in [0.15, 0.2) is 0 Å². The highest BCUT2D eigenvalue weighted by atomic mass is 79.9. The number of pyridine rings is 1. The summed E-state index contributed by atoms with van der Waals surface area (Å²) in [6.07, 6.45) is -1.64. The van der Waals surface area contributed by atoms with Gasteiger partial charge in [0.2, 0.25) is 0 Å². The molecule has 2 aliphatic heterocycles. The first-order valence-corrected chi connectivity index (χ1v) is 9.97. The summed E-state index contributed by atoms with van der Waals surface area (Å²) >= 11 is 3.25. The van der Waals surface area contributed by atoms with Gasteiger partial charge in [-0.25, -0.2) is 9.78 Å². The van der Waals surface area contributed by atoms with Crippen molar-refractivity contribution in [3.8, 4) is 5.75 Å². The number of carboxylic acid groups (broad SMARTS) is 1. The van der Waals surface area contributed by atoms with Crippen LogP contribution in [0.2, 0.25) is 0 Å². The predicted molar refractivity (Wildman–Crippen MR) is 104 cm³/mol. The van der Waals surface area contributed by atoms with E-state index in [2.05, 4.69) is 31.5 Å². The molecular weight excluding hydrogens is 491 g/mol. The van der Waals surface area contributed by atoms with Gasteiger partial charge >= 0.3 is 18.1 Å². The first-order valence-electron chi connectivity index (χ1n) is 9.18. The number of aliphatic carboxylic acids is 1. The molecule has 3 heterocycles. The molecule has 172 valence electrons. The van der Waals surface area contributed by atoms with Crippen LogP contribution in [0, 0.1) is 5.41 Å². The third-order valence-corrected chi connectivity index (χ3v) is 5.35. The lowest BCUT2D eigenvalue weighted by molar-refractivity contribution is -0.192. The van der Waals surface area contributed by atoms with Gasteiger partial charge in [-0.15, -0.1) is 0 Å². The number of cyclic esters (lactones) is 1. The van der Waals surface area contributed by atoms with Crippen molar-refractivity contribution in [2.45, 2.75) is 31.5 Å². The minimum Gasteiger partial charge on any atom is -0.494 e. The van der Waals surface area contributed by atoms with Crippen LogP contribution < -0.4 is 15.4 Å². The number of ether oxygens (including phenoxy) is 2. The van der Waals surface area contributed by atoms with E-state index in [1.165, 1.54) is 13.3 Å². The summed E-state index contributed by atoms with van der Waals surface area (Å²) in [5.41, 5.74) is 0.0122. The van der Waals surface area contributed by atoms with Gasteiger partial charge in [-0.1, -0.05) is 0 Å². The number of hydrogen-bond donors (Lipinski definition) is 3. The topological polar surface area (TPSA) is 127 Å². The van der Waals surface area contributed by atoms with E-state index in [-0.39, 0.29) is 23.4 Å². The number of methoxy groups -OCH3 is 1. The van der Waals surface area contributed by atoms with E-state index in [1.807, 2.05) is 0 Å². The number of aromatic nitrogens is 1. The van der Waals surface area contributed by atoms with Gasteiger partial charge in [0.1, 0.15) is 16.5 Å². The van der Waals surface area contributed by atoms with Crippen molar-refractivity contribution < 1.29 is 42.1 Å². The molecule has 2 aliphatic rings. The molecule has 1 atom stereocenters. The van der Waals surface area contributed by atoms with Crippen molar-refractivity contribution in [3.63, 3.8) is 0 Å². The number of hydrogen-bond acceptors (Lipinski definition) is 7. The molecule has 2 saturated heterocycles. The predicted octanol–water partition coefficient (Wildman–Crippen LogP) is 1.90. The Kier molecular flexibility index (Phi) is 8.23. The maximum atomic E-state index is 12.4. The van der Waals surface area contributed by atoms with Crippen molar-refractivity contribution in [2.24, 2.45) is 5.41 Å². The number of halogens is 4. The zero-order chi connectivity index (χ0) is 23.2. The molecule has 31 heavy (non-hydrogen) atoms. The number of nitrogens with zero attached hydrogens (tertiary/aromatic N) is 1. The monoisotopic (exact) mass is 511 g/mol. The number of alkyl halides is 3. The van der Waals surface area contributed by atoms with E-state index >= 15 is 0 Å². The fourth-order valence-corrected chi connectivity index (χ4v) is 3.66. The molecule has 3 N–H and O–H groups in total. The first kappa shape index (κ1) is 24.9. The van der Waals surface area contributed by atoms with E-state index in [0.29, 0.717) is 28.9 Å². The zero-order valence-corrected chi connectivity index (χ0v) is 18.0. The molecule has 1 spiro atoms. The van der Waals surface area contributed by atoms with Crippen molar-refractivity contribution in [2.75, 3.05) is 26.7 Å². The van der Waals surface area contributed by atoms with Crippen LogP contribution in [-0.2, 0) is 14.3 Å². The second-order valence-corrected chi connectivity index (χ2v) is 7.79. The molecule has 0 saturated carbocycles. The number of nitrogens with one attached hydrogen (secondary N) is 2. The lowest BCUT2D eigenvalue weighted by atomic mass is 9.76. The molecule has 0 aromatic carbocycles. The number of piperidine rings is 1. The summed E-state index contributed by atoms with van der Waals surface area (Å²) in [5, 5.41) is 13.2. The molecule has 0 bridgehead atoms. The van der Waals surface area contributed by atoms with Gasteiger partial charge in [0, 0.05) is 6.42 Å². The quantitative estimate of drug-likeness (QED) is 0.413. The van der Waals surface area contributed by atoms with Gasteiger partial charge in [-0.3, -0.25) is 9.59 Å². The number of rotatable bonds is 4. The Morgan fingerprint density at radius 2 is 2.03 bits per heavy atom. The summed E-state index contributed by atoms with van der Waals surface area (Å²) < 4.78 is 42.9. The first-order chi connectivity index (χ1) is 14.5. The lowest BCUT2D eigenvalue weighted by Crippen LogP contribution is -2.39. The second kappa shape index (κ2) is 10.3. The Morgan fingerprint density at radius 1 is 1.42 bits per heavy atom. The van der Waals surface area contributed by atoms with E-state index in [1.54, 1.807) is 6.07 Å². The van der Waals surface area contributed by atoms with Crippen LogP contribution in [0.3, 0.4) is 0 Å². The van der Waals surface area contributed by atoms with Gasteiger partial charge in [-0.05, 0) is 47.9 Å². The van der Waals surface area contributed by atoms with E-state index in [9.17, 15) is 22.8 Å². The molecule has 1 aromatic heterocycles. The van der Waals surface area contributed by atoms with E-state index < -0.39 is 12.1 Å². The maximum Gasteiger partial charge on any atom is 0.490 e. The zero-order valence-electron chi connectivity index (χ0n) is 16.4. The lowest BCUT2D eigenvalue weighted by Gasteiger charge is -2.29. The molecule has 1 unspecified atom stereocenters. The van der Waals surface area contributed by atoms with Crippen molar-refractivity contribution in [1.29, 1.82) is 0 Å². The Labute approximate surface area is 183 Å². The average Bonchev–Trinajstić information content (AvgIpc) is 3.01. The van der Waals surface area contributed by atoms with Crippen LogP contribution in [0.15, 0.2) is 16.9 Å². The molecule has 0 aliphatic carbocycles. The van der Waals surface area contributed by atoms with E-state index in [4.69, 9.17) is 19.4 Å². The minimum atomic E-state index is -5.08. The van der Waals surface area contributed by atoms with Gasteiger partial charge < -0.3 is 25.2 Å². The summed E-state index contributed by atoms with van der Waals surface area (Å²) in [6.45, 7) is 1.95. The average molecular weight is 512 g/mol. The minimum absolute atomic E-state index is 0.132. The number of carboxylic acids is 1. The highest BCUT2D eigenvalue weighted by molar-refractivity contribution is 9.10. The Balaban J connectivity index is 0.000000423. The largest absolute Gasteiger partial charge is 0.494 e. The summed E-state index contributed by atoms with van der Waals surface area (Å²) in [5.74, 6) is -2.77. The third-order valence-electron chi connectivity index (χ3n) is 4.92. The highest BCUT2D eigenvalue weighted by Crippen LogP contribution is 2.41. The maximum absolute atomic E-state index is 12.4. The number of carbonyl (C=O) groups excluding carboxylic acids is 2. The van der Waals surface area contributed by atoms with Gasteiger partial charge in [0.05, 0.1) is 30.8 Å². The summed E-state index contributed by atoms with van der Waals surface area (Å²) in [6, 6.07) is 1.60. The normalized spacial score (nSPS) is 19.8. The van der Waals surface area contributed by atoms with Crippen LogP contribution in [0.5, 0.6) is 5.75 Å². The standard InChI is InChI=1S/C16H20BrN3O4.C2HF3O2/c1-23-12-9-19-13(17)6-11(12)14(21)20-8-10-7-16(15(22)24-10)2-4-18-5-3-16;3-2(4,5)1(6)7/h6,9-10,18H,2-5,7-8H2,1H3,(H,20,21);(H,6,7). The van der Waals surface area contributed by atoms with Gasteiger partial charge in [0.25, 0.3) is 5.91 Å². The van der Waals surface area contributed by atoms with Crippen LogP contribution in [0.4, 0.5) is 13.2 Å². The second-order valence-electron chi connectivity index (χ2n) is 6.98. The van der Waals surface area contributed by atoms with Crippen molar-refractivity contribution in [3.05, 3.63) is 22.4 Å². The fraction of sp³-hybridized carbons (Fsp3) is 0.556. The van der Waals surface area contributed by atoms with Crippen LogP contribution in [0.25, 0.3) is 0 Å². The summed E-state index contributed by atoms with van der Waals surface area (Å²) in [4.78, 5) is 37.5. The number of esters is 1. The van der Waals surface area contributed by atoms with E-state index in [0.717, 1.165) is 25.9 Å². The van der Waals surface area contributed by atoms with Crippen LogP contribution in [-0.4, -0.2) is 67.0 Å².